The van der Waals surface area contributed by atoms with Crippen LogP contribution in [0.15, 0.2) is 84.0 Å². The van der Waals surface area contributed by atoms with Gasteiger partial charge in [-0.05, 0) is 124 Å². The van der Waals surface area contributed by atoms with E-state index in [9.17, 15) is 28.4 Å². The largest absolute Gasteiger partial charge is 0.485 e. The fraction of sp³-hybridized carbons (Fsp3) is 0.480. The summed E-state index contributed by atoms with van der Waals surface area (Å²) in [6.07, 6.45) is 12.1. The molecule has 5 fully saturated rings. The molecule has 2 atom stereocenters. The van der Waals surface area contributed by atoms with Gasteiger partial charge in [0.25, 0.3) is 15.9 Å². The van der Waals surface area contributed by atoms with E-state index in [2.05, 4.69) is 48.8 Å². The third-order valence-electron chi connectivity index (χ3n) is 15.4. The molecule has 3 N–H and O–H groups in total. The smallest absolute Gasteiger partial charge is 0.316 e. The number of ether oxygens (including phenoxy) is 4. The van der Waals surface area contributed by atoms with E-state index < -0.39 is 43.1 Å². The molecule has 0 unspecified atom stereocenters. The van der Waals surface area contributed by atoms with Gasteiger partial charge in [-0.3, -0.25) is 19.8 Å². The Morgan fingerprint density at radius 1 is 0.970 bits per heavy atom. The lowest BCUT2D eigenvalue weighted by Gasteiger charge is -2.57. The quantitative estimate of drug-likeness (QED) is 0.0848. The Hall–Kier alpha value is -5.75. The van der Waals surface area contributed by atoms with Crippen molar-refractivity contribution in [3.8, 4) is 23.0 Å². The van der Waals surface area contributed by atoms with Crippen molar-refractivity contribution in [2.45, 2.75) is 106 Å². The van der Waals surface area contributed by atoms with Crippen LogP contribution in [-0.2, 0) is 14.8 Å². The third-order valence-corrected chi connectivity index (χ3v) is 16.7. The maximum Gasteiger partial charge on any atom is 0.316 e. The number of nitrogens with zero attached hydrogens (tertiary/aromatic N) is 4. The van der Waals surface area contributed by atoms with Gasteiger partial charge in [0.1, 0.15) is 29.9 Å². The number of aliphatic hydroxyl groups is 1. The first-order valence-electron chi connectivity index (χ1n) is 23.6. The molecule has 0 radical (unpaired) electrons. The van der Waals surface area contributed by atoms with Crippen LogP contribution in [0.1, 0.15) is 105 Å². The molecule has 6 aliphatic rings. The van der Waals surface area contributed by atoms with Crippen molar-refractivity contribution >= 4 is 38.3 Å². The molecule has 11 rings (SSSR count). The average molecular weight is 933 g/mol. The molecule has 1 amide bonds. The van der Waals surface area contributed by atoms with E-state index in [1.165, 1.54) is 30.2 Å². The zero-order valence-corrected chi connectivity index (χ0v) is 38.3. The van der Waals surface area contributed by atoms with Crippen LogP contribution in [0.4, 0.5) is 11.4 Å². The van der Waals surface area contributed by atoms with Crippen LogP contribution < -0.4 is 23.8 Å². The first kappa shape index (κ1) is 43.8. The van der Waals surface area contributed by atoms with E-state index >= 15 is 0 Å². The minimum Gasteiger partial charge on any atom is -0.485 e. The lowest BCUT2D eigenvalue weighted by molar-refractivity contribution is -0.386. The summed E-state index contributed by atoms with van der Waals surface area (Å²) >= 11 is 0. The second-order valence-corrected chi connectivity index (χ2v) is 21.6. The van der Waals surface area contributed by atoms with Gasteiger partial charge in [0.05, 0.1) is 46.4 Å². The molecule has 0 bridgehead atoms. The monoisotopic (exact) mass is 932 g/mol. The summed E-state index contributed by atoms with van der Waals surface area (Å²) in [7, 11) is -4.69. The van der Waals surface area contributed by atoms with E-state index in [1.54, 1.807) is 37.4 Å². The molecule has 1 spiro atoms. The number of nitrogens with one attached hydrogen (secondary N) is 2. The van der Waals surface area contributed by atoms with Crippen molar-refractivity contribution in [3.05, 3.63) is 106 Å². The zero-order valence-electron chi connectivity index (χ0n) is 37.5. The third kappa shape index (κ3) is 8.70. The van der Waals surface area contributed by atoms with Gasteiger partial charge in [-0.15, -0.1) is 0 Å². The second kappa shape index (κ2) is 17.1. The van der Waals surface area contributed by atoms with E-state index in [1.807, 2.05) is 6.07 Å². The predicted octanol–water partition coefficient (Wildman–Crippen LogP) is 8.16. The fourth-order valence-electron chi connectivity index (χ4n) is 11.3. The number of fused-ring (bicyclic) bond motifs is 2. The van der Waals surface area contributed by atoms with Crippen LogP contribution in [0.25, 0.3) is 11.0 Å². The molecule has 2 saturated heterocycles. The zero-order chi connectivity index (χ0) is 46.1. The van der Waals surface area contributed by atoms with Crippen LogP contribution in [0.2, 0.25) is 0 Å². The van der Waals surface area contributed by atoms with Crippen molar-refractivity contribution in [1.82, 2.24) is 19.6 Å². The molecular weight excluding hydrogens is 877 g/mol. The second-order valence-electron chi connectivity index (χ2n) is 19.9. The number of pyridine rings is 1. The van der Waals surface area contributed by atoms with Crippen molar-refractivity contribution in [2.24, 2.45) is 11.3 Å². The van der Waals surface area contributed by atoms with Gasteiger partial charge in [-0.2, -0.15) is 0 Å². The molecular formula is C50H56N6O10S. The number of benzene rings is 3. The summed E-state index contributed by atoms with van der Waals surface area (Å²) in [4.78, 5) is 37.7. The van der Waals surface area contributed by atoms with Crippen LogP contribution in [0, 0.1) is 21.4 Å². The number of anilines is 1. The van der Waals surface area contributed by atoms with Gasteiger partial charge < -0.3 is 33.9 Å². The number of hydrogen-bond donors (Lipinski definition) is 3. The van der Waals surface area contributed by atoms with Crippen LogP contribution in [0.5, 0.6) is 23.0 Å². The number of aromatic amines is 1. The molecule has 3 aliphatic heterocycles. The molecule has 3 aromatic carbocycles. The number of piperidine rings is 1. The Morgan fingerprint density at radius 2 is 1.75 bits per heavy atom. The molecule has 16 nitrogen and oxygen atoms in total. The van der Waals surface area contributed by atoms with E-state index in [-0.39, 0.29) is 46.8 Å². The molecule has 352 valence electrons. The number of amides is 1. The first-order chi connectivity index (χ1) is 32.3. The fourth-order valence-corrected chi connectivity index (χ4v) is 12.3. The Balaban J connectivity index is 0.802. The molecule has 2 aromatic heterocycles. The number of carbonyl (C=O) groups excluding carboxylic acids is 1. The maximum atomic E-state index is 14.1. The first-order valence-corrected chi connectivity index (χ1v) is 25.1. The topological polar surface area (TPSA) is 199 Å². The molecule has 17 heteroatoms. The van der Waals surface area contributed by atoms with E-state index in [0.29, 0.717) is 49.0 Å². The lowest BCUT2D eigenvalue weighted by atomic mass is 9.59. The van der Waals surface area contributed by atoms with Gasteiger partial charge in [-0.25, -0.2) is 18.1 Å². The number of aromatic nitrogens is 2. The van der Waals surface area contributed by atoms with Gasteiger partial charge in [0.15, 0.2) is 5.75 Å². The van der Waals surface area contributed by atoms with Crippen molar-refractivity contribution in [1.29, 1.82) is 0 Å². The highest BCUT2D eigenvalue weighted by Crippen LogP contribution is 2.54. The number of H-pyrrole nitrogens is 1. The normalized spacial score (nSPS) is 25.4. The van der Waals surface area contributed by atoms with Gasteiger partial charge >= 0.3 is 5.69 Å². The number of rotatable bonds is 11. The standard InChI is InChI=1S/C50H56N6O10S/c1-49(58)13-10-32(11-14-49)45-30-64-44-25-37(24-41(56(59)60)46(44)66-45)67(61,62)53-48(57)40-9-8-34(23-43(40)65-36-22-33-12-17-51-47(33)52-28-36)54-18-15-50(16-19-54)26-35(27-50)55-20-21-63-29-42(55)39-5-3-2-4-38(39)31-6-7-31/h2-5,8-9,12,17,22-25,28,31-32,35,42,45,58H,6-7,10-11,13-16,18-21,26-27,29-30H2,1H3,(H,51,52)(H,53,57)/t32?,42-,45+,49?/m1/s1. The Labute approximate surface area is 389 Å². The van der Waals surface area contributed by atoms with Crippen LogP contribution in [0.3, 0.4) is 0 Å². The summed E-state index contributed by atoms with van der Waals surface area (Å²) in [5, 5.41) is 23.6. The molecule has 5 aromatic rings. The van der Waals surface area contributed by atoms with E-state index in [0.717, 1.165) is 81.7 Å². The average Bonchev–Trinajstić information content (AvgIpc) is 4.06. The van der Waals surface area contributed by atoms with Crippen molar-refractivity contribution in [2.75, 3.05) is 44.4 Å². The predicted molar refractivity (Wildman–Crippen MR) is 248 cm³/mol. The van der Waals surface area contributed by atoms with Gasteiger partial charge in [0.2, 0.25) is 5.75 Å². The van der Waals surface area contributed by atoms with Crippen LogP contribution in [-0.4, -0.2) is 96.4 Å². The molecule has 3 aliphatic carbocycles. The summed E-state index contributed by atoms with van der Waals surface area (Å²) < 4.78 is 54.5. The van der Waals surface area contributed by atoms with Gasteiger partial charge in [0, 0.05) is 61.1 Å². The maximum absolute atomic E-state index is 14.1. The summed E-state index contributed by atoms with van der Waals surface area (Å²) in [6, 6.07) is 20.5. The lowest BCUT2D eigenvalue weighted by Crippen LogP contribution is -2.58. The number of carbonyl (C=O) groups is 1. The summed E-state index contributed by atoms with van der Waals surface area (Å²) in [5.74, 6) is -0.113. The summed E-state index contributed by atoms with van der Waals surface area (Å²) in [5.41, 5.74) is 3.25. The van der Waals surface area contributed by atoms with Crippen molar-refractivity contribution in [3.63, 3.8) is 0 Å². The molecule has 5 heterocycles. The number of morpholine rings is 1. The minimum absolute atomic E-state index is 0.00394. The molecule has 67 heavy (non-hydrogen) atoms. The summed E-state index contributed by atoms with van der Waals surface area (Å²) in [6.45, 7) is 5.89. The number of sulfonamides is 1. The number of hydrogen-bond acceptors (Lipinski definition) is 13. The van der Waals surface area contributed by atoms with Crippen LogP contribution >= 0.6 is 0 Å². The molecule has 3 saturated carbocycles. The minimum atomic E-state index is -4.69. The highest BCUT2D eigenvalue weighted by molar-refractivity contribution is 7.90. The Kier molecular flexibility index (Phi) is 11.2. The van der Waals surface area contributed by atoms with Gasteiger partial charge in [-0.1, -0.05) is 24.3 Å². The highest BCUT2D eigenvalue weighted by atomic mass is 32.2. The Morgan fingerprint density at radius 3 is 2.51 bits per heavy atom. The van der Waals surface area contributed by atoms with E-state index in [4.69, 9.17) is 18.9 Å². The highest BCUT2D eigenvalue weighted by Gasteiger charge is 2.50. The number of nitro groups is 1. The SMILES string of the molecule is CC1(O)CCC([C@@H]2COc3cc(S(=O)(=O)NC(=O)c4ccc(N5CCC6(CC5)CC(N5CCOC[C@@H]5c5ccccc5C5CC5)C6)cc4Oc4cnc5[nH]ccc5c4)cc([N+](=O)[O-])c3O2)CC1. The Bertz CT molecular complexity index is 2820. The van der Waals surface area contributed by atoms with Crippen molar-refractivity contribution < 1.29 is 42.2 Å². The number of nitro benzene ring substituents is 1.